The lowest BCUT2D eigenvalue weighted by molar-refractivity contribution is 0.0689. The van der Waals surface area contributed by atoms with Crippen molar-refractivity contribution in [2.24, 2.45) is 0 Å². The van der Waals surface area contributed by atoms with Crippen LogP contribution in [0.25, 0.3) is 0 Å². The summed E-state index contributed by atoms with van der Waals surface area (Å²) in [7, 11) is 0. The summed E-state index contributed by atoms with van der Waals surface area (Å²) in [6.45, 7) is 5.98. The average molecular weight is 258 g/mol. The molecule has 0 radical (unpaired) electrons. The second-order valence-electron chi connectivity index (χ2n) is 4.18. The zero-order valence-corrected chi connectivity index (χ0v) is 11.1. The van der Waals surface area contributed by atoms with Crippen LogP contribution < -0.4 is 4.74 Å². The van der Waals surface area contributed by atoms with E-state index in [9.17, 15) is 9.90 Å². The van der Waals surface area contributed by atoms with Crippen molar-refractivity contribution in [3.63, 3.8) is 0 Å². The molecule has 1 unspecified atom stereocenters. The summed E-state index contributed by atoms with van der Waals surface area (Å²) in [5, 5.41) is 18.4. The average Bonchev–Trinajstić information content (AvgIpc) is 2.70. The molecule has 0 amide bonds. The van der Waals surface area contributed by atoms with E-state index in [2.05, 4.69) is 0 Å². The van der Waals surface area contributed by atoms with Crippen molar-refractivity contribution in [2.45, 2.75) is 39.2 Å². The maximum atomic E-state index is 11.0. The van der Waals surface area contributed by atoms with Crippen molar-refractivity contribution in [2.75, 3.05) is 6.61 Å². The van der Waals surface area contributed by atoms with Gasteiger partial charge in [0.1, 0.15) is 12.4 Å². The fourth-order valence-electron chi connectivity index (χ4n) is 1.24. The molecule has 0 bridgehead atoms. The van der Waals surface area contributed by atoms with Gasteiger partial charge in [0.25, 0.3) is 0 Å². The van der Waals surface area contributed by atoms with Crippen LogP contribution in [0.5, 0.6) is 5.75 Å². The Kier molecular flexibility index (Phi) is 4.96. The van der Waals surface area contributed by atoms with E-state index in [-0.39, 0.29) is 17.4 Å². The first-order valence-electron chi connectivity index (χ1n) is 5.63. The van der Waals surface area contributed by atoms with E-state index < -0.39 is 12.1 Å². The summed E-state index contributed by atoms with van der Waals surface area (Å²) < 4.78 is 5.36. The first-order chi connectivity index (χ1) is 7.95. The maximum Gasteiger partial charge on any atom is 0.349 e. The minimum atomic E-state index is -0.983. The highest BCUT2D eigenvalue weighted by Gasteiger charge is 2.18. The van der Waals surface area contributed by atoms with Gasteiger partial charge in [0.05, 0.1) is 6.10 Å². The van der Waals surface area contributed by atoms with Crippen molar-refractivity contribution in [3.8, 4) is 5.75 Å². The molecule has 0 aliphatic carbocycles. The van der Waals surface area contributed by atoms with E-state index in [1.165, 1.54) is 11.3 Å². The first kappa shape index (κ1) is 14.0. The molecular weight excluding hydrogens is 240 g/mol. The van der Waals surface area contributed by atoms with Crippen LogP contribution >= 0.6 is 11.3 Å². The molecule has 1 heterocycles. The Morgan fingerprint density at radius 3 is 2.65 bits per heavy atom. The van der Waals surface area contributed by atoms with E-state index >= 15 is 0 Å². The monoisotopic (exact) mass is 258 g/mol. The number of hydrogen-bond donors (Lipinski definition) is 2. The highest BCUT2D eigenvalue weighted by Crippen LogP contribution is 2.33. The zero-order chi connectivity index (χ0) is 13.0. The van der Waals surface area contributed by atoms with Crippen LogP contribution in [0.15, 0.2) is 6.07 Å². The second-order valence-corrected chi connectivity index (χ2v) is 5.26. The highest BCUT2D eigenvalue weighted by atomic mass is 32.1. The number of hydrogen-bond acceptors (Lipinski definition) is 4. The number of aromatic carboxylic acids is 1. The number of carboxylic acids is 1. The first-order valence-corrected chi connectivity index (χ1v) is 6.45. The van der Waals surface area contributed by atoms with Crippen molar-refractivity contribution in [3.05, 3.63) is 15.8 Å². The molecule has 1 aromatic heterocycles. The van der Waals surface area contributed by atoms with E-state index in [1.54, 1.807) is 6.07 Å². The van der Waals surface area contributed by atoms with Gasteiger partial charge in [0, 0.05) is 4.88 Å². The third-order valence-electron chi connectivity index (χ3n) is 2.38. The van der Waals surface area contributed by atoms with Gasteiger partial charge in [-0.15, -0.1) is 11.3 Å². The fraction of sp³-hybridized carbons (Fsp3) is 0.583. The highest BCUT2D eigenvalue weighted by molar-refractivity contribution is 7.14. The zero-order valence-electron chi connectivity index (χ0n) is 10.3. The van der Waals surface area contributed by atoms with Gasteiger partial charge in [-0.05, 0) is 18.4 Å². The minimum absolute atomic E-state index is 0.130. The molecular formula is C12H18O4S. The van der Waals surface area contributed by atoms with Crippen molar-refractivity contribution < 1.29 is 19.7 Å². The van der Waals surface area contributed by atoms with E-state index in [4.69, 9.17) is 9.84 Å². The standard InChI is InChI=1S/C12H18O4S/c1-4-8(13)6-16-9-5-10(7(2)3)17-11(9)12(14)15/h5,7-8,13H,4,6H2,1-3H3,(H,14,15). The van der Waals surface area contributed by atoms with Gasteiger partial charge in [0.15, 0.2) is 4.88 Å². The van der Waals surface area contributed by atoms with Gasteiger partial charge in [-0.25, -0.2) is 4.79 Å². The Hall–Kier alpha value is -1.07. The molecule has 2 N–H and O–H groups in total. The summed E-state index contributed by atoms with van der Waals surface area (Å²) in [6, 6.07) is 1.75. The van der Waals surface area contributed by atoms with Gasteiger partial charge >= 0.3 is 5.97 Å². The van der Waals surface area contributed by atoms with Crippen LogP contribution in [-0.4, -0.2) is 28.9 Å². The quantitative estimate of drug-likeness (QED) is 0.823. The van der Waals surface area contributed by atoms with E-state index in [0.29, 0.717) is 12.2 Å². The third-order valence-corrected chi connectivity index (χ3v) is 3.79. The lowest BCUT2D eigenvalue weighted by Gasteiger charge is -2.09. The predicted molar refractivity (Wildman–Crippen MR) is 67.2 cm³/mol. The molecule has 1 atom stereocenters. The molecule has 1 aromatic rings. The van der Waals surface area contributed by atoms with Gasteiger partial charge < -0.3 is 14.9 Å². The van der Waals surface area contributed by atoms with Gasteiger partial charge in [-0.3, -0.25) is 0 Å². The summed E-state index contributed by atoms with van der Waals surface area (Å²) in [5.74, 6) is -0.354. The lowest BCUT2D eigenvalue weighted by Crippen LogP contribution is -2.16. The molecule has 0 fully saturated rings. The molecule has 0 aromatic carbocycles. The van der Waals surface area contributed by atoms with Crippen LogP contribution in [-0.2, 0) is 0 Å². The van der Waals surface area contributed by atoms with Crippen LogP contribution in [0.4, 0.5) is 0 Å². The number of thiophene rings is 1. The molecule has 0 spiro atoms. The van der Waals surface area contributed by atoms with Crippen molar-refractivity contribution in [1.29, 1.82) is 0 Å². The van der Waals surface area contributed by atoms with Crippen LogP contribution in [0, 0.1) is 0 Å². The van der Waals surface area contributed by atoms with Gasteiger partial charge in [-0.1, -0.05) is 20.8 Å². The molecule has 0 aliphatic rings. The smallest absolute Gasteiger partial charge is 0.349 e. The number of aliphatic hydroxyl groups excluding tert-OH is 1. The van der Waals surface area contributed by atoms with Crippen LogP contribution in [0.3, 0.4) is 0 Å². The Bertz CT molecular complexity index is 384. The van der Waals surface area contributed by atoms with E-state index in [0.717, 1.165) is 4.88 Å². The van der Waals surface area contributed by atoms with Crippen molar-refractivity contribution in [1.82, 2.24) is 0 Å². The summed E-state index contributed by atoms with van der Waals surface area (Å²) in [4.78, 5) is 12.2. The SMILES string of the molecule is CCC(O)COc1cc(C(C)C)sc1C(=O)O. The molecule has 5 heteroatoms. The summed E-state index contributed by atoms with van der Waals surface area (Å²) >= 11 is 1.23. The van der Waals surface area contributed by atoms with Crippen LogP contribution in [0.2, 0.25) is 0 Å². The van der Waals surface area contributed by atoms with Crippen LogP contribution in [0.1, 0.15) is 47.7 Å². The van der Waals surface area contributed by atoms with Crippen molar-refractivity contribution >= 4 is 17.3 Å². The second kappa shape index (κ2) is 6.02. The molecule has 0 aliphatic heterocycles. The van der Waals surface area contributed by atoms with Gasteiger partial charge in [-0.2, -0.15) is 0 Å². The molecule has 1 rings (SSSR count). The molecule has 96 valence electrons. The molecule has 17 heavy (non-hydrogen) atoms. The minimum Gasteiger partial charge on any atom is -0.489 e. The van der Waals surface area contributed by atoms with E-state index in [1.807, 2.05) is 20.8 Å². The number of carboxylic acid groups (broad SMARTS) is 1. The number of ether oxygens (including phenoxy) is 1. The number of carbonyl (C=O) groups is 1. The number of aliphatic hydroxyl groups is 1. The Morgan fingerprint density at radius 2 is 2.18 bits per heavy atom. The Labute approximate surface area is 105 Å². The summed E-state index contributed by atoms with van der Waals surface area (Å²) in [6.07, 6.45) is 0.0304. The normalized spacial score (nSPS) is 12.8. The topological polar surface area (TPSA) is 66.8 Å². The third kappa shape index (κ3) is 3.71. The van der Waals surface area contributed by atoms with Gasteiger partial charge in [0.2, 0.25) is 0 Å². The Balaban J connectivity index is 2.85. The Morgan fingerprint density at radius 1 is 1.53 bits per heavy atom. The number of rotatable bonds is 6. The largest absolute Gasteiger partial charge is 0.489 e. The molecule has 0 saturated heterocycles. The molecule has 4 nitrogen and oxygen atoms in total. The lowest BCUT2D eigenvalue weighted by atomic mass is 10.2. The maximum absolute atomic E-state index is 11.0. The predicted octanol–water partition coefficient (Wildman–Crippen LogP) is 2.72. The fourth-order valence-corrected chi connectivity index (χ4v) is 2.18. The molecule has 0 saturated carbocycles. The summed E-state index contributed by atoms with van der Waals surface area (Å²) in [5.41, 5.74) is 0.